The summed E-state index contributed by atoms with van der Waals surface area (Å²) in [7, 11) is 0. The topological polar surface area (TPSA) is 90.0 Å². The number of nitrogens with zero attached hydrogens (tertiary/aromatic N) is 2. The molecule has 0 radical (unpaired) electrons. The molecule has 0 aliphatic heterocycles. The van der Waals surface area contributed by atoms with E-state index in [1.807, 2.05) is 44.4 Å². The van der Waals surface area contributed by atoms with Crippen LogP contribution < -0.4 is 11.1 Å². The molecule has 0 saturated carbocycles. The summed E-state index contributed by atoms with van der Waals surface area (Å²) in [5.41, 5.74) is 7.92. The van der Waals surface area contributed by atoms with Gasteiger partial charge < -0.3 is 10.3 Å². The van der Waals surface area contributed by atoms with E-state index in [0.717, 1.165) is 5.56 Å². The van der Waals surface area contributed by atoms with Gasteiger partial charge in [0.25, 0.3) is 11.8 Å². The van der Waals surface area contributed by atoms with Crippen molar-refractivity contribution < 1.29 is 9.59 Å². The second kappa shape index (κ2) is 6.00. The molecule has 0 fully saturated rings. The molecule has 3 rings (SSSR count). The van der Waals surface area contributed by atoms with Crippen LogP contribution in [0.2, 0.25) is 0 Å². The summed E-state index contributed by atoms with van der Waals surface area (Å²) in [5.74, 6) is -0.743. The summed E-state index contributed by atoms with van der Waals surface area (Å²) in [6.45, 7) is 8.01. The lowest BCUT2D eigenvalue weighted by Gasteiger charge is -2.21. The molecule has 0 spiro atoms. The molecular formula is C18H20N4O2S. The summed E-state index contributed by atoms with van der Waals surface area (Å²) >= 11 is 1.25. The number of anilines is 1. The van der Waals surface area contributed by atoms with Gasteiger partial charge >= 0.3 is 0 Å². The van der Waals surface area contributed by atoms with Crippen LogP contribution in [0.5, 0.6) is 0 Å². The van der Waals surface area contributed by atoms with Crippen molar-refractivity contribution in [3.63, 3.8) is 0 Å². The highest BCUT2D eigenvalue weighted by atomic mass is 32.1. The fourth-order valence-corrected chi connectivity index (χ4v) is 3.48. The van der Waals surface area contributed by atoms with E-state index >= 15 is 0 Å². The number of hydrogen-bond donors (Lipinski definition) is 2. The third-order valence-corrected chi connectivity index (χ3v) is 4.86. The van der Waals surface area contributed by atoms with Crippen LogP contribution in [0.25, 0.3) is 10.3 Å². The van der Waals surface area contributed by atoms with Crippen LogP contribution in [0.3, 0.4) is 0 Å². The summed E-state index contributed by atoms with van der Waals surface area (Å²) in [6, 6.07) is 7.29. The molecule has 0 aliphatic carbocycles. The number of hydrogen-bond acceptors (Lipinski definition) is 4. The highest BCUT2D eigenvalue weighted by Gasteiger charge is 2.24. The minimum absolute atomic E-state index is 0.237. The second-order valence-corrected chi connectivity index (χ2v) is 7.94. The van der Waals surface area contributed by atoms with E-state index < -0.39 is 5.91 Å². The van der Waals surface area contributed by atoms with Crippen molar-refractivity contribution in [1.29, 1.82) is 0 Å². The fraction of sp³-hybridized carbons (Fsp3) is 0.278. The number of nitrogens with one attached hydrogen (secondary N) is 1. The van der Waals surface area contributed by atoms with Crippen LogP contribution in [-0.4, -0.2) is 21.4 Å². The number of benzene rings is 1. The molecule has 7 heteroatoms. The Morgan fingerprint density at radius 2 is 1.84 bits per heavy atom. The highest BCUT2D eigenvalue weighted by molar-refractivity contribution is 7.22. The normalized spacial score (nSPS) is 11.7. The molecule has 6 nitrogen and oxygen atoms in total. The number of aryl methyl sites for hydroxylation is 1. The van der Waals surface area contributed by atoms with Gasteiger partial charge in [0.15, 0.2) is 10.8 Å². The highest BCUT2D eigenvalue weighted by Crippen LogP contribution is 2.34. The first kappa shape index (κ1) is 17.2. The van der Waals surface area contributed by atoms with Crippen molar-refractivity contribution >= 4 is 38.6 Å². The van der Waals surface area contributed by atoms with Crippen molar-refractivity contribution in [2.75, 3.05) is 5.32 Å². The average Bonchev–Trinajstić information content (AvgIpc) is 3.04. The quantitative estimate of drug-likeness (QED) is 0.752. The van der Waals surface area contributed by atoms with E-state index in [4.69, 9.17) is 5.73 Å². The van der Waals surface area contributed by atoms with Crippen LogP contribution >= 0.6 is 11.3 Å². The first-order chi connectivity index (χ1) is 11.7. The lowest BCUT2D eigenvalue weighted by atomic mass is 10.1. The zero-order valence-corrected chi connectivity index (χ0v) is 15.4. The van der Waals surface area contributed by atoms with E-state index in [-0.39, 0.29) is 11.4 Å². The van der Waals surface area contributed by atoms with Gasteiger partial charge in [-0.3, -0.25) is 14.9 Å². The summed E-state index contributed by atoms with van der Waals surface area (Å²) in [5, 5.41) is 3.24. The minimum Gasteiger partial charge on any atom is -0.366 e. The van der Waals surface area contributed by atoms with Crippen LogP contribution in [0, 0.1) is 6.92 Å². The van der Waals surface area contributed by atoms with Gasteiger partial charge in [-0.15, -0.1) is 0 Å². The summed E-state index contributed by atoms with van der Waals surface area (Å²) < 4.78 is 2.59. The summed E-state index contributed by atoms with van der Waals surface area (Å²) in [6.07, 6.45) is 1.72. The Hall–Kier alpha value is -2.67. The Morgan fingerprint density at radius 3 is 2.40 bits per heavy atom. The number of carbonyl (C=O) groups is 2. The lowest BCUT2D eigenvalue weighted by molar-refractivity contribution is 0.0999. The van der Waals surface area contributed by atoms with Crippen LogP contribution in [0.15, 0.2) is 30.5 Å². The third kappa shape index (κ3) is 3.28. The monoisotopic (exact) mass is 356 g/mol. The van der Waals surface area contributed by atoms with Gasteiger partial charge in [0.2, 0.25) is 0 Å². The van der Waals surface area contributed by atoms with E-state index in [1.54, 1.807) is 18.3 Å². The zero-order chi connectivity index (χ0) is 18.4. The third-order valence-electron chi connectivity index (χ3n) is 3.86. The van der Waals surface area contributed by atoms with Crippen molar-refractivity contribution in [3.05, 3.63) is 47.2 Å². The molecule has 2 amide bonds. The van der Waals surface area contributed by atoms with Gasteiger partial charge in [0.1, 0.15) is 0 Å². The first-order valence-corrected chi connectivity index (χ1v) is 8.68. The number of aromatic nitrogens is 2. The molecule has 2 heterocycles. The van der Waals surface area contributed by atoms with Crippen molar-refractivity contribution in [3.8, 4) is 0 Å². The van der Waals surface area contributed by atoms with Gasteiger partial charge in [0, 0.05) is 17.3 Å². The summed E-state index contributed by atoms with van der Waals surface area (Å²) in [4.78, 5) is 28.6. The van der Waals surface area contributed by atoms with Crippen LogP contribution in [0.1, 0.15) is 47.1 Å². The smallest absolute Gasteiger partial charge is 0.257 e. The number of thiazole rings is 1. The minimum atomic E-state index is -0.506. The maximum Gasteiger partial charge on any atom is 0.257 e. The zero-order valence-electron chi connectivity index (χ0n) is 14.6. The van der Waals surface area contributed by atoms with Gasteiger partial charge in [-0.2, -0.15) is 0 Å². The number of primary amides is 1. The number of nitrogens with two attached hydrogens (primary N) is 1. The van der Waals surface area contributed by atoms with Gasteiger partial charge in [-0.1, -0.05) is 29.0 Å². The lowest BCUT2D eigenvalue weighted by Crippen LogP contribution is -2.21. The maximum atomic E-state index is 12.4. The van der Waals surface area contributed by atoms with Crippen LogP contribution in [0.4, 0.5) is 5.13 Å². The predicted octanol–water partition coefficient (Wildman–Crippen LogP) is 3.51. The molecule has 3 aromatic rings. The molecule has 130 valence electrons. The Labute approximate surface area is 149 Å². The Balaban J connectivity index is 1.99. The molecule has 25 heavy (non-hydrogen) atoms. The van der Waals surface area contributed by atoms with E-state index in [9.17, 15) is 9.59 Å². The number of carbonyl (C=O) groups excluding carboxylic acids is 2. The van der Waals surface area contributed by atoms with Gasteiger partial charge in [0.05, 0.1) is 10.3 Å². The van der Waals surface area contributed by atoms with Crippen molar-refractivity contribution in [2.45, 2.75) is 33.2 Å². The molecular weight excluding hydrogens is 336 g/mol. The SMILES string of the molecule is Cc1ccc(C(=O)Nc2nc3c(s2)c(C(N)=O)cn3C(C)(C)C)cc1. The molecule has 1 aromatic carbocycles. The Kier molecular flexibility index (Phi) is 4.12. The molecule has 3 N–H and O–H groups in total. The van der Waals surface area contributed by atoms with E-state index in [1.165, 1.54) is 11.3 Å². The van der Waals surface area contributed by atoms with Crippen LogP contribution in [-0.2, 0) is 5.54 Å². The predicted molar refractivity (Wildman–Crippen MR) is 100 cm³/mol. The largest absolute Gasteiger partial charge is 0.366 e. The first-order valence-electron chi connectivity index (χ1n) is 7.87. The van der Waals surface area contributed by atoms with Gasteiger partial charge in [-0.05, 0) is 39.8 Å². The average molecular weight is 356 g/mol. The number of amides is 2. The molecule has 0 unspecified atom stereocenters. The van der Waals surface area contributed by atoms with E-state index in [2.05, 4.69) is 10.3 Å². The molecule has 0 saturated heterocycles. The molecule has 0 atom stereocenters. The van der Waals surface area contributed by atoms with Gasteiger partial charge in [-0.25, -0.2) is 4.98 Å². The Morgan fingerprint density at radius 1 is 1.20 bits per heavy atom. The molecule has 0 bridgehead atoms. The molecule has 2 aromatic heterocycles. The standard InChI is InChI=1S/C18H20N4O2S/c1-10-5-7-11(8-6-10)16(24)21-17-20-15-13(25-17)12(14(19)23)9-22(15)18(2,3)4/h5-9H,1-4H3,(H2,19,23)(H,20,21,24). The number of fused-ring (bicyclic) bond motifs is 1. The maximum absolute atomic E-state index is 12.4. The molecule has 0 aliphatic rings. The van der Waals surface area contributed by atoms with Crippen molar-refractivity contribution in [1.82, 2.24) is 9.55 Å². The van der Waals surface area contributed by atoms with E-state index in [0.29, 0.717) is 26.6 Å². The fourth-order valence-electron chi connectivity index (χ4n) is 2.51. The Bertz CT molecular complexity index is 962. The second-order valence-electron chi connectivity index (χ2n) is 6.94. The van der Waals surface area contributed by atoms with Crippen molar-refractivity contribution in [2.24, 2.45) is 5.73 Å². The number of rotatable bonds is 3.